The van der Waals surface area contributed by atoms with E-state index in [1.807, 2.05) is 0 Å². The fourth-order valence-corrected chi connectivity index (χ4v) is 6.70. The van der Waals surface area contributed by atoms with Crippen molar-refractivity contribution in [1.29, 1.82) is 0 Å². The fourth-order valence-electron chi connectivity index (χ4n) is 5.45. The molecule has 148 valence electrons. The molecular formula is C23H44S2. The van der Waals surface area contributed by atoms with Gasteiger partial charge in [-0.3, -0.25) is 0 Å². The summed E-state index contributed by atoms with van der Waals surface area (Å²) in [5.41, 5.74) is 0. The number of thiol groups is 2. The summed E-state index contributed by atoms with van der Waals surface area (Å²) < 4.78 is 0.349. The second-order valence-corrected chi connectivity index (χ2v) is 11.7. The lowest BCUT2D eigenvalue weighted by atomic mass is 9.65. The molecule has 0 heterocycles. The predicted octanol–water partition coefficient (Wildman–Crippen LogP) is 8.25. The Bertz CT molecular complexity index is 329. The summed E-state index contributed by atoms with van der Waals surface area (Å²) in [5, 5.41) is 0. The van der Waals surface area contributed by atoms with Crippen molar-refractivity contribution in [3.63, 3.8) is 0 Å². The Hall–Kier alpha value is 0.700. The first kappa shape index (κ1) is 22.0. The van der Waals surface area contributed by atoms with Crippen LogP contribution in [0, 0.1) is 11.8 Å². The monoisotopic (exact) mass is 384 g/mol. The topological polar surface area (TPSA) is 0 Å². The van der Waals surface area contributed by atoms with Gasteiger partial charge in [0.2, 0.25) is 0 Å². The van der Waals surface area contributed by atoms with Gasteiger partial charge in [0.1, 0.15) is 0 Å². The summed E-state index contributed by atoms with van der Waals surface area (Å²) >= 11 is 10.2. The van der Waals surface area contributed by atoms with Crippen molar-refractivity contribution in [2.45, 2.75) is 132 Å². The molecule has 0 spiro atoms. The van der Waals surface area contributed by atoms with Crippen LogP contribution in [0.25, 0.3) is 0 Å². The van der Waals surface area contributed by atoms with Crippen molar-refractivity contribution in [2.75, 3.05) is 0 Å². The summed E-state index contributed by atoms with van der Waals surface area (Å²) in [6, 6.07) is 0. The highest BCUT2D eigenvalue weighted by Crippen LogP contribution is 2.52. The van der Waals surface area contributed by atoms with Gasteiger partial charge in [0.25, 0.3) is 0 Å². The maximum absolute atomic E-state index is 5.12. The van der Waals surface area contributed by atoms with Gasteiger partial charge < -0.3 is 0 Å². The number of hydrogen-bond acceptors (Lipinski definition) is 2. The molecule has 2 heteroatoms. The van der Waals surface area contributed by atoms with Crippen LogP contribution >= 0.6 is 25.3 Å². The molecule has 0 nitrogen and oxygen atoms in total. The van der Waals surface area contributed by atoms with Crippen LogP contribution in [0.15, 0.2) is 0 Å². The van der Waals surface area contributed by atoms with Gasteiger partial charge >= 0.3 is 0 Å². The lowest BCUT2D eigenvalue weighted by molar-refractivity contribution is 0.159. The third-order valence-electron chi connectivity index (χ3n) is 7.15. The van der Waals surface area contributed by atoms with Gasteiger partial charge in [-0.05, 0) is 37.5 Å². The summed E-state index contributed by atoms with van der Waals surface area (Å²) in [6.45, 7) is 4.77. The SMILES string of the molecule is CC1(S)CC(C)(S)C2CCCCCCCCCCCCCCCC1C2. The average molecular weight is 385 g/mol. The molecule has 2 fully saturated rings. The largest absolute Gasteiger partial charge is 0.172 e. The van der Waals surface area contributed by atoms with Crippen LogP contribution in [0.2, 0.25) is 0 Å². The first-order chi connectivity index (χ1) is 11.9. The van der Waals surface area contributed by atoms with Crippen molar-refractivity contribution < 1.29 is 0 Å². The molecule has 2 aliphatic carbocycles. The van der Waals surface area contributed by atoms with Crippen molar-refractivity contribution in [3.05, 3.63) is 0 Å². The molecule has 0 aromatic heterocycles. The van der Waals surface area contributed by atoms with Crippen LogP contribution in [0.4, 0.5) is 0 Å². The van der Waals surface area contributed by atoms with E-state index in [0.717, 1.165) is 11.8 Å². The highest BCUT2D eigenvalue weighted by atomic mass is 32.1. The molecular weight excluding hydrogens is 340 g/mol. The molecule has 2 saturated carbocycles. The first-order valence-corrected chi connectivity index (χ1v) is 12.3. The smallest absolute Gasteiger partial charge is 0.0143 e. The maximum atomic E-state index is 5.12. The van der Waals surface area contributed by atoms with Gasteiger partial charge in [-0.25, -0.2) is 0 Å². The summed E-state index contributed by atoms with van der Waals surface area (Å²) in [7, 11) is 0. The van der Waals surface area contributed by atoms with Crippen LogP contribution in [0.1, 0.15) is 123 Å². The zero-order valence-electron chi connectivity index (χ0n) is 17.1. The van der Waals surface area contributed by atoms with Gasteiger partial charge in [-0.2, -0.15) is 25.3 Å². The molecule has 4 atom stereocenters. The van der Waals surface area contributed by atoms with Crippen LogP contribution < -0.4 is 0 Å². The van der Waals surface area contributed by atoms with E-state index in [1.165, 1.54) is 109 Å². The minimum atomic E-state index is 0.174. The fraction of sp³-hybridized carbons (Fsp3) is 1.00. The van der Waals surface area contributed by atoms with E-state index in [1.54, 1.807) is 0 Å². The van der Waals surface area contributed by atoms with E-state index < -0.39 is 0 Å². The highest BCUT2D eigenvalue weighted by Gasteiger charge is 2.46. The second-order valence-electron chi connectivity index (χ2n) is 9.69. The molecule has 2 rings (SSSR count). The molecule has 0 radical (unpaired) electrons. The predicted molar refractivity (Wildman–Crippen MR) is 120 cm³/mol. The van der Waals surface area contributed by atoms with Gasteiger partial charge in [0.05, 0.1) is 0 Å². The Morgan fingerprint density at radius 2 is 0.800 bits per heavy atom. The molecule has 2 aliphatic rings. The van der Waals surface area contributed by atoms with Gasteiger partial charge in [-0.1, -0.05) is 97.3 Å². The molecule has 0 saturated heterocycles. The molecule has 0 N–H and O–H groups in total. The lowest BCUT2D eigenvalue weighted by Crippen LogP contribution is -2.47. The van der Waals surface area contributed by atoms with Crippen molar-refractivity contribution in [3.8, 4) is 0 Å². The second kappa shape index (κ2) is 10.9. The number of hydrogen-bond donors (Lipinski definition) is 2. The molecule has 2 bridgehead atoms. The minimum Gasteiger partial charge on any atom is -0.172 e. The van der Waals surface area contributed by atoms with Gasteiger partial charge in [0, 0.05) is 9.49 Å². The summed E-state index contributed by atoms with van der Waals surface area (Å²) in [6.07, 6.45) is 24.2. The molecule has 0 amide bonds. The van der Waals surface area contributed by atoms with E-state index >= 15 is 0 Å². The summed E-state index contributed by atoms with van der Waals surface area (Å²) in [5.74, 6) is 1.58. The molecule has 0 aromatic rings. The quantitative estimate of drug-likeness (QED) is 0.386. The van der Waals surface area contributed by atoms with E-state index in [0.29, 0.717) is 0 Å². The number of fused-ring (bicyclic) bond motifs is 2. The highest BCUT2D eigenvalue weighted by molar-refractivity contribution is 7.82. The number of rotatable bonds is 0. The first-order valence-electron chi connectivity index (χ1n) is 11.4. The molecule has 0 aliphatic heterocycles. The maximum Gasteiger partial charge on any atom is 0.0143 e. The zero-order valence-corrected chi connectivity index (χ0v) is 18.9. The van der Waals surface area contributed by atoms with Crippen LogP contribution in [0.3, 0.4) is 0 Å². The van der Waals surface area contributed by atoms with Crippen molar-refractivity contribution >= 4 is 25.3 Å². The summed E-state index contributed by atoms with van der Waals surface area (Å²) in [4.78, 5) is 0. The van der Waals surface area contributed by atoms with Crippen LogP contribution in [-0.2, 0) is 0 Å². The zero-order chi connectivity index (χ0) is 18.2. The Balaban J connectivity index is 1.90. The Kier molecular flexibility index (Phi) is 9.58. The lowest BCUT2D eigenvalue weighted by Gasteiger charge is -2.50. The van der Waals surface area contributed by atoms with Gasteiger partial charge in [0.15, 0.2) is 0 Å². The Morgan fingerprint density at radius 1 is 0.520 bits per heavy atom. The molecule has 0 aromatic carbocycles. The van der Waals surface area contributed by atoms with E-state index in [-0.39, 0.29) is 9.49 Å². The third kappa shape index (κ3) is 7.68. The van der Waals surface area contributed by atoms with Crippen molar-refractivity contribution in [1.82, 2.24) is 0 Å². The molecule has 4 unspecified atom stereocenters. The average Bonchev–Trinajstić information content (AvgIpc) is 2.52. The van der Waals surface area contributed by atoms with E-state index in [9.17, 15) is 0 Å². The van der Waals surface area contributed by atoms with Crippen LogP contribution in [0.5, 0.6) is 0 Å². The third-order valence-corrected chi connectivity index (χ3v) is 8.20. The minimum absolute atomic E-state index is 0.174. The van der Waals surface area contributed by atoms with Crippen molar-refractivity contribution in [2.24, 2.45) is 11.8 Å². The van der Waals surface area contributed by atoms with E-state index in [4.69, 9.17) is 25.3 Å². The Labute approximate surface area is 169 Å². The van der Waals surface area contributed by atoms with Crippen LogP contribution in [-0.4, -0.2) is 9.49 Å². The molecule has 25 heavy (non-hydrogen) atoms. The Morgan fingerprint density at radius 3 is 1.12 bits per heavy atom. The van der Waals surface area contributed by atoms with Gasteiger partial charge in [-0.15, -0.1) is 0 Å². The van der Waals surface area contributed by atoms with E-state index in [2.05, 4.69) is 13.8 Å². The normalized spacial score (nSPS) is 40.8. The standard InChI is InChI=1S/C23H44S2/c1-22(24)19-23(2,25)21-17-15-13-11-9-7-5-3-4-6-8-10-12-14-16-20(22)18-21/h20-21,24-25H,3-19H2,1-2H3.